The highest BCUT2D eigenvalue weighted by atomic mass is 16.2. The standard InChI is InChI=1S/C13H19N3O/c1-9(2)14-11-7-10(3)15-12(8-11)16-6-4-5-13(16)17/h7-9H,4-6H2,1-3H3,(H,14,15). The molecule has 0 spiro atoms. The van der Waals surface area contributed by atoms with E-state index in [1.54, 1.807) is 4.90 Å². The number of pyridine rings is 1. The molecule has 2 rings (SSSR count). The highest BCUT2D eigenvalue weighted by Gasteiger charge is 2.23. The number of hydrogen-bond acceptors (Lipinski definition) is 3. The van der Waals surface area contributed by atoms with Crippen LogP contribution >= 0.6 is 0 Å². The number of aromatic nitrogens is 1. The number of anilines is 2. The minimum atomic E-state index is 0.179. The van der Waals surface area contributed by atoms with Crippen molar-refractivity contribution in [2.75, 3.05) is 16.8 Å². The topological polar surface area (TPSA) is 45.2 Å². The van der Waals surface area contributed by atoms with Crippen LogP contribution in [0.25, 0.3) is 0 Å². The third-order valence-electron chi connectivity index (χ3n) is 2.75. The van der Waals surface area contributed by atoms with Crippen LogP contribution in [0.2, 0.25) is 0 Å². The van der Waals surface area contributed by atoms with Gasteiger partial charge in [0.15, 0.2) is 0 Å². The van der Waals surface area contributed by atoms with Gasteiger partial charge in [0.25, 0.3) is 0 Å². The molecule has 1 aromatic rings. The zero-order valence-electron chi connectivity index (χ0n) is 10.7. The summed E-state index contributed by atoms with van der Waals surface area (Å²) in [6.45, 7) is 6.93. The monoisotopic (exact) mass is 233 g/mol. The molecule has 0 aromatic carbocycles. The Balaban J connectivity index is 2.27. The Bertz CT molecular complexity index is 429. The van der Waals surface area contributed by atoms with Gasteiger partial charge in [-0.1, -0.05) is 0 Å². The fourth-order valence-electron chi connectivity index (χ4n) is 2.10. The zero-order chi connectivity index (χ0) is 12.4. The Morgan fingerprint density at radius 3 is 2.76 bits per heavy atom. The highest BCUT2D eigenvalue weighted by molar-refractivity contribution is 5.94. The summed E-state index contributed by atoms with van der Waals surface area (Å²) in [5.41, 5.74) is 1.97. The summed E-state index contributed by atoms with van der Waals surface area (Å²) in [4.78, 5) is 17.9. The molecule has 17 heavy (non-hydrogen) atoms. The first kappa shape index (κ1) is 11.9. The second-order valence-electron chi connectivity index (χ2n) is 4.80. The van der Waals surface area contributed by atoms with Crippen molar-refractivity contribution in [2.24, 2.45) is 0 Å². The van der Waals surface area contributed by atoms with Gasteiger partial charge >= 0.3 is 0 Å². The molecule has 1 saturated heterocycles. The minimum Gasteiger partial charge on any atom is -0.383 e. The molecule has 0 saturated carbocycles. The number of carbonyl (C=O) groups excluding carboxylic acids is 1. The molecule has 2 heterocycles. The number of carbonyl (C=O) groups is 1. The van der Waals surface area contributed by atoms with Crippen LogP contribution in [0.3, 0.4) is 0 Å². The average Bonchev–Trinajstić information content (AvgIpc) is 2.62. The Kier molecular flexibility index (Phi) is 3.31. The number of nitrogens with one attached hydrogen (secondary N) is 1. The van der Waals surface area contributed by atoms with E-state index in [1.807, 2.05) is 19.1 Å². The predicted octanol–water partition coefficient (Wildman–Crippen LogP) is 2.34. The normalized spacial score (nSPS) is 15.8. The van der Waals surface area contributed by atoms with Crippen molar-refractivity contribution in [1.29, 1.82) is 0 Å². The van der Waals surface area contributed by atoms with E-state index < -0.39 is 0 Å². The predicted molar refractivity (Wildman–Crippen MR) is 69.3 cm³/mol. The molecule has 4 heteroatoms. The van der Waals surface area contributed by atoms with E-state index in [0.29, 0.717) is 12.5 Å². The van der Waals surface area contributed by atoms with E-state index >= 15 is 0 Å². The Morgan fingerprint density at radius 1 is 1.41 bits per heavy atom. The maximum absolute atomic E-state index is 11.7. The fraction of sp³-hybridized carbons (Fsp3) is 0.538. The van der Waals surface area contributed by atoms with Gasteiger partial charge in [-0.25, -0.2) is 4.98 Å². The lowest BCUT2D eigenvalue weighted by atomic mass is 10.2. The maximum Gasteiger partial charge on any atom is 0.228 e. The first-order chi connectivity index (χ1) is 8.06. The van der Waals surface area contributed by atoms with Crippen LogP contribution in [0.15, 0.2) is 12.1 Å². The molecule has 1 N–H and O–H groups in total. The summed E-state index contributed by atoms with van der Waals surface area (Å²) >= 11 is 0. The number of rotatable bonds is 3. The van der Waals surface area contributed by atoms with E-state index in [4.69, 9.17) is 0 Å². The lowest BCUT2D eigenvalue weighted by molar-refractivity contribution is -0.117. The number of hydrogen-bond donors (Lipinski definition) is 1. The molecular formula is C13H19N3O. The van der Waals surface area contributed by atoms with Gasteiger partial charge in [-0.2, -0.15) is 0 Å². The van der Waals surface area contributed by atoms with Crippen LogP contribution in [0.4, 0.5) is 11.5 Å². The van der Waals surface area contributed by atoms with Crippen molar-refractivity contribution >= 4 is 17.4 Å². The second-order valence-corrected chi connectivity index (χ2v) is 4.80. The first-order valence-electron chi connectivity index (χ1n) is 6.12. The molecule has 1 aliphatic rings. The average molecular weight is 233 g/mol. The molecule has 1 amide bonds. The van der Waals surface area contributed by atoms with Gasteiger partial charge in [0.2, 0.25) is 5.91 Å². The van der Waals surface area contributed by atoms with E-state index in [-0.39, 0.29) is 5.91 Å². The fourth-order valence-corrected chi connectivity index (χ4v) is 2.10. The third-order valence-corrected chi connectivity index (χ3v) is 2.75. The van der Waals surface area contributed by atoms with E-state index in [0.717, 1.165) is 30.2 Å². The van der Waals surface area contributed by atoms with Crippen LogP contribution in [-0.2, 0) is 4.79 Å². The molecule has 1 fully saturated rings. The van der Waals surface area contributed by atoms with Gasteiger partial charge in [-0.15, -0.1) is 0 Å². The number of aryl methyl sites for hydroxylation is 1. The lowest BCUT2D eigenvalue weighted by Crippen LogP contribution is -2.25. The van der Waals surface area contributed by atoms with Crippen molar-refractivity contribution in [3.8, 4) is 0 Å². The van der Waals surface area contributed by atoms with Gasteiger partial charge in [0, 0.05) is 36.5 Å². The van der Waals surface area contributed by atoms with Gasteiger partial charge in [-0.3, -0.25) is 9.69 Å². The molecule has 1 aromatic heterocycles. The minimum absolute atomic E-state index is 0.179. The van der Waals surface area contributed by atoms with Gasteiger partial charge in [0.05, 0.1) is 0 Å². The summed E-state index contributed by atoms with van der Waals surface area (Å²) in [7, 11) is 0. The SMILES string of the molecule is Cc1cc(NC(C)C)cc(N2CCCC2=O)n1. The lowest BCUT2D eigenvalue weighted by Gasteiger charge is -2.18. The summed E-state index contributed by atoms with van der Waals surface area (Å²) < 4.78 is 0. The van der Waals surface area contributed by atoms with E-state index in [2.05, 4.69) is 24.1 Å². The van der Waals surface area contributed by atoms with Crippen LogP contribution in [-0.4, -0.2) is 23.5 Å². The second kappa shape index (κ2) is 4.73. The summed E-state index contributed by atoms with van der Waals surface area (Å²) in [5.74, 6) is 0.953. The van der Waals surface area contributed by atoms with E-state index in [9.17, 15) is 4.79 Å². The third kappa shape index (κ3) is 2.75. The number of amides is 1. The smallest absolute Gasteiger partial charge is 0.228 e. The Labute approximate surface area is 102 Å². The van der Waals surface area contributed by atoms with Crippen LogP contribution in [0, 0.1) is 6.92 Å². The van der Waals surface area contributed by atoms with Crippen molar-refractivity contribution in [3.63, 3.8) is 0 Å². The largest absolute Gasteiger partial charge is 0.383 e. The van der Waals surface area contributed by atoms with Gasteiger partial charge in [0.1, 0.15) is 5.82 Å². The number of nitrogens with zero attached hydrogens (tertiary/aromatic N) is 2. The zero-order valence-corrected chi connectivity index (χ0v) is 10.7. The maximum atomic E-state index is 11.7. The van der Waals surface area contributed by atoms with Crippen molar-refractivity contribution in [2.45, 2.75) is 39.7 Å². The Morgan fingerprint density at radius 2 is 2.18 bits per heavy atom. The van der Waals surface area contributed by atoms with Crippen molar-refractivity contribution < 1.29 is 4.79 Å². The molecule has 0 aliphatic carbocycles. The molecular weight excluding hydrogens is 214 g/mol. The van der Waals surface area contributed by atoms with E-state index in [1.165, 1.54) is 0 Å². The van der Waals surface area contributed by atoms with Crippen LogP contribution in [0.1, 0.15) is 32.4 Å². The van der Waals surface area contributed by atoms with Gasteiger partial charge in [-0.05, 0) is 33.3 Å². The first-order valence-corrected chi connectivity index (χ1v) is 6.12. The summed E-state index contributed by atoms with van der Waals surface area (Å²) in [6.07, 6.45) is 1.57. The molecule has 0 unspecified atom stereocenters. The van der Waals surface area contributed by atoms with Gasteiger partial charge < -0.3 is 5.32 Å². The Hall–Kier alpha value is -1.58. The summed E-state index contributed by atoms with van der Waals surface area (Å²) in [5, 5.41) is 3.35. The molecule has 92 valence electrons. The quantitative estimate of drug-likeness (QED) is 0.871. The van der Waals surface area contributed by atoms with Crippen LogP contribution in [0.5, 0.6) is 0 Å². The summed E-state index contributed by atoms with van der Waals surface area (Å²) in [6, 6.07) is 4.33. The molecule has 1 aliphatic heterocycles. The van der Waals surface area contributed by atoms with Crippen LogP contribution < -0.4 is 10.2 Å². The van der Waals surface area contributed by atoms with Crippen molar-refractivity contribution in [3.05, 3.63) is 17.8 Å². The van der Waals surface area contributed by atoms with Crippen molar-refractivity contribution in [1.82, 2.24) is 4.98 Å². The molecule has 4 nitrogen and oxygen atoms in total. The molecule has 0 radical (unpaired) electrons. The molecule has 0 atom stereocenters. The highest BCUT2D eigenvalue weighted by Crippen LogP contribution is 2.23. The molecule has 0 bridgehead atoms.